The molecule has 0 saturated heterocycles. The molecule has 0 aromatic heterocycles. The van der Waals surface area contributed by atoms with Crippen LogP contribution in [0.1, 0.15) is 26.3 Å². The first-order valence-corrected chi connectivity index (χ1v) is 10.3. The largest absolute Gasteiger partial charge is 0.493 e. The maximum atomic E-state index is 13.2. The van der Waals surface area contributed by atoms with Crippen LogP contribution in [0.4, 0.5) is 4.39 Å². The maximum absolute atomic E-state index is 13.2. The second kappa shape index (κ2) is 11.6. The number of carbonyl (C=O) groups is 3. The van der Waals surface area contributed by atoms with E-state index < -0.39 is 23.6 Å². The molecule has 0 atom stereocenters. The predicted octanol–water partition coefficient (Wildman–Crippen LogP) is 3.59. The summed E-state index contributed by atoms with van der Waals surface area (Å²) in [5.41, 5.74) is 3.11. The van der Waals surface area contributed by atoms with Crippen LogP contribution in [0.5, 0.6) is 11.5 Å². The van der Waals surface area contributed by atoms with Crippen molar-refractivity contribution in [1.29, 1.82) is 0 Å². The second-order valence-electron chi connectivity index (χ2n) is 6.77. The van der Waals surface area contributed by atoms with E-state index in [2.05, 4.69) is 15.8 Å². The molecule has 0 unspecified atom stereocenters. The molecule has 3 rings (SSSR count). The third kappa shape index (κ3) is 6.63. The average molecular weight is 484 g/mol. The zero-order valence-electron chi connectivity index (χ0n) is 17.9. The Morgan fingerprint density at radius 2 is 1.82 bits per heavy atom. The molecule has 2 N–H and O–H groups in total. The first kappa shape index (κ1) is 24.4. The van der Waals surface area contributed by atoms with Crippen LogP contribution in [-0.4, -0.2) is 37.7 Å². The molecule has 0 aliphatic rings. The summed E-state index contributed by atoms with van der Waals surface area (Å²) in [5, 5.41) is 6.44. The minimum Gasteiger partial charge on any atom is -0.493 e. The molecule has 3 aromatic rings. The number of esters is 1. The normalized spacial score (nSPS) is 10.6. The van der Waals surface area contributed by atoms with Gasteiger partial charge in [-0.2, -0.15) is 5.10 Å². The number of carbonyl (C=O) groups excluding carboxylic acids is 3. The summed E-state index contributed by atoms with van der Waals surface area (Å²) in [7, 11) is 1.41. The Hall–Kier alpha value is -4.24. The minimum absolute atomic E-state index is 0.0960. The van der Waals surface area contributed by atoms with Crippen molar-refractivity contribution in [3.05, 3.63) is 94.3 Å². The van der Waals surface area contributed by atoms with Crippen molar-refractivity contribution >= 4 is 35.6 Å². The van der Waals surface area contributed by atoms with Gasteiger partial charge in [0.2, 0.25) is 0 Å². The first-order chi connectivity index (χ1) is 16.4. The molecule has 174 valence electrons. The van der Waals surface area contributed by atoms with Gasteiger partial charge >= 0.3 is 5.97 Å². The highest BCUT2D eigenvalue weighted by atomic mass is 35.5. The number of amides is 2. The van der Waals surface area contributed by atoms with E-state index in [4.69, 9.17) is 21.1 Å². The van der Waals surface area contributed by atoms with E-state index in [-0.39, 0.29) is 34.2 Å². The van der Waals surface area contributed by atoms with Crippen LogP contribution in [0.25, 0.3) is 0 Å². The van der Waals surface area contributed by atoms with Crippen molar-refractivity contribution in [3.63, 3.8) is 0 Å². The van der Waals surface area contributed by atoms with E-state index in [1.807, 2.05) is 0 Å². The number of hydrogen-bond acceptors (Lipinski definition) is 6. The van der Waals surface area contributed by atoms with Crippen LogP contribution in [-0.2, 0) is 4.79 Å². The van der Waals surface area contributed by atoms with Crippen molar-refractivity contribution < 1.29 is 28.2 Å². The van der Waals surface area contributed by atoms with Crippen molar-refractivity contribution in [3.8, 4) is 11.5 Å². The lowest BCUT2D eigenvalue weighted by molar-refractivity contribution is -0.120. The molecule has 2 amide bonds. The number of benzene rings is 3. The van der Waals surface area contributed by atoms with E-state index in [9.17, 15) is 18.8 Å². The van der Waals surface area contributed by atoms with Crippen molar-refractivity contribution in [2.24, 2.45) is 5.10 Å². The van der Waals surface area contributed by atoms with Crippen molar-refractivity contribution in [2.75, 3.05) is 13.7 Å². The predicted molar refractivity (Wildman–Crippen MR) is 124 cm³/mol. The van der Waals surface area contributed by atoms with Gasteiger partial charge in [-0.3, -0.25) is 9.59 Å². The average Bonchev–Trinajstić information content (AvgIpc) is 2.83. The van der Waals surface area contributed by atoms with E-state index in [0.717, 1.165) is 6.07 Å². The molecule has 10 heteroatoms. The summed E-state index contributed by atoms with van der Waals surface area (Å²) in [6, 6.07) is 16.2. The summed E-state index contributed by atoms with van der Waals surface area (Å²) >= 11 is 6.02. The van der Waals surface area contributed by atoms with Gasteiger partial charge < -0.3 is 14.8 Å². The molecule has 0 spiro atoms. The summed E-state index contributed by atoms with van der Waals surface area (Å²) in [4.78, 5) is 36.2. The van der Waals surface area contributed by atoms with Crippen LogP contribution in [0.3, 0.4) is 0 Å². The number of nitrogens with one attached hydrogen (secondary N) is 2. The molecule has 3 aromatic carbocycles. The fourth-order valence-corrected chi connectivity index (χ4v) is 2.95. The Kier molecular flexibility index (Phi) is 8.31. The standard InChI is InChI=1S/C24H19ClFN3O5/c1-33-21-11-15(9-10-20(21)34-24(32)18-7-2-3-8-19(18)25)13-28-29-22(30)14-27-23(31)16-5-4-6-17(26)12-16/h2-13H,14H2,1H3,(H,27,31)(H,29,30). The Labute approximate surface area is 199 Å². The SMILES string of the molecule is COc1cc(C=NNC(=O)CNC(=O)c2cccc(F)c2)ccc1OC(=O)c1ccccc1Cl. The van der Waals surface area contributed by atoms with Gasteiger partial charge in [0.05, 0.1) is 30.5 Å². The molecule has 0 aliphatic heterocycles. The lowest BCUT2D eigenvalue weighted by atomic mass is 10.2. The van der Waals surface area contributed by atoms with Crippen molar-refractivity contribution in [2.45, 2.75) is 0 Å². The quantitative estimate of drug-likeness (QED) is 0.220. The monoisotopic (exact) mass is 483 g/mol. The van der Waals surface area contributed by atoms with Crippen LogP contribution >= 0.6 is 11.6 Å². The Bertz CT molecular complexity index is 1250. The van der Waals surface area contributed by atoms with Gasteiger partial charge in [0, 0.05) is 5.56 Å². The van der Waals surface area contributed by atoms with Gasteiger partial charge in [-0.1, -0.05) is 29.8 Å². The van der Waals surface area contributed by atoms with Crippen LogP contribution in [0.2, 0.25) is 5.02 Å². The van der Waals surface area contributed by atoms with Crippen LogP contribution < -0.4 is 20.2 Å². The second-order valence-corrected chi connectivity index (χ2v) is 7.17. The van der Waals surface area contributed by atoms with Gasteiger partial charge in [-0.05, 0) is 54.1 Å². The lowest BCUT2D eigenvalue weighted by Gasteiger charge is -2.10. The van der Waals surface area contributed by atoms with E-state index >= 15 is 0 Å². The molecule has 0 bridgehead atoms. The van der Waals surface area contributed by atoms with Gasteiger partial charge in [-0.25, -0.2) is 14.6 Å². The number of ether oxygens (including phenoxy) is 2. The zero-order valence-corrected chi connectivity index (χ0v) is 18.6. The Morgan fingerprint density at radius 1 is 1.03 bits per heavy atom. The highest BCUT2D eigenvalue weighted by molar-refractivity contribution is 6.33. The fourth-order valence-electron chi connectivity index (χ4n) is 2.74. The molecular weight excluding hydrogens is 465 g/mol. The number of rotatable bonds is 8. The number of methoxy groups -OCH3 is 1. The van der Waals surface area contributed by atoms with Crippen LogP contribution in [0, 0.1) is 5.82 Å². The molecule has 34 heavy (non-hydrogen) atoms. The molecule has 0 aliphatic carbocycles. The molecule has 0 heterocycles. The highest BCUT2D eigenvalue weighted by Gasteiger charge is 2.15. The summed E-state index contributed by atoms with van der Waals surface area (Å²) < 4.78 is 23.8. The fraction of sp³-hybridized carbons (Fsp3) is 0.0833. The van der Waals surface area contributed by atoms with Gasteiger partial charge in [0.25, 0.3) is 11.8 Å². The van der Waals surface area contributed by atoms with Gasteiger partial charge in [0.15, 0.2) is 11.5 Å². The number of hydrazone groups is 1. The third-order valence-electron chi connectivity index (χ3n) is 4.38. The van der Waals surface area contributed by atoms with Gasteiger partial charge in [0.1, 0.15) is 5.82 Å². The summed E-state index contributed by atoms with van der Waals surface area (Å²) in [5.74, 6) is -1.94. The topological polar surface area (TPSA) is 106 Å². The van der Waals surface area contributed by atoms with Gasteiger partial charge in [-0.15, -0.1) is 0 Å². The molecule has 0 saturated carbocycles. The smallest absolute Gasteiger partial charge is 0.345 e. The molecule has 0 fully saturated rings. The highest BCUT2D eigenvalue weighted by Crippen LogP contribution is 2.29. The molecular formula is C24H19ClFN3O5. The van der Waals surface area contributed by atoms with E-state index in [1.54, 1.807) is 36.4 Å². The number of nitrogens with zero attached hydrogens (tertiary/aromatic N) is 1. The minimum atomic E-state index is -0.641. The number of hydrogen-bond donors (Lipinski definition) is 2. The molecule has 0 radical (unpaired) electrons. The van der Waals surface area contributed by atoms with E-state index in [0.29, 0.717) is 5.56 Å². The number of halogens is 2. The first-order valence-electron chi connectivity index (χ1n) is 9.88. The summed E-state index contributed by atoms with van der Waals surface area (Å²) in [6.07, 6.45) is 1.34. The molecule has 8 nitrogen and oxygen atoms in total. The zero-order chi connectivity index (χ0) is 24.5. The van der Waals surface area contributed by atoms with Crippen LogP contribution in [0.15, 0.2) is 71.8 Å². The Morgan fingerprint density at radius 3 is 2.56 bits per heavy atom. The van der Waals surface area contributed by atoms with Crippen molar-refractivity contribution in [1.82, 2.24) is 10.7 Å². The third-order valence-corrected chi connectivity index (χ3v) is 4.71. The maximum Gasteiger partial charge on any atom is 0.345 e. The lowest BCUT2D eigenvalue weighted by Crippen LogP contribution is -2.34. The summed E-state index contributed by atoms with van der Waals surface area (Å²) in [6.45, 7) is -0.354. The van der Waals surface area contributed by atoms with E-state index in [1.165, 1.54) is 37.6 Å². The Balaban J connectivity index is 1.55.